The number of anilines is 1. The van der Waals surface area contributed by atoms with Crippen LogP contribution in [0.4, 0.5) is 5.69 Å². The Bertz CT molecular complexity index is 656. The highest BCUT2D eigenvalue weighted by Crippen LogP contribution is 2.29. The Hall–Kier alpha value is -2.01. The number of rotatable bonds is 3. The number of carbonyl (C=O) groups excluding carboxylic acids is 1. The van der Waals surface area contributed by atoms with Gasteiger partial charge in [0.1, 0.15) is 0 Å². The summed E-state index contributed by atoms with van der Waals surface area (Å²) >= 11 is 3.37. The lowest BCUT2D eigenvalue weighted by Gasteiger charge is -2.09. The second-order valence-electron chi connectivity index (χ2n) is 4.32. The molecule has 0 aliphatic heterocycles. The third-order valence-electron chi connectivity index (χ3n) is 2.81. The van der Waals surface area contributed by atoms with E-state index in [0.29, 0.717) is 17.0 Å². The first-order valence-corrected chi connectivity index (χ1v) is 6.75. The van der Waals surface area contributed by atoms with E-state index in [9.17, 15) is 9.90 Å². The van der Waals surface area contributed by atoms with E-state index >= 15 is 0 Å². The molecule has 0 unspecified atom stereocenters. The smallest absolute Gasteiger partial charge is 0.256 e. The largest absolute Gasteiger partial charge is 0.504 e. The number of methoxy groups -OCH3 is 1. The Balaban J connectivity index is 2.21. The van der Waals surface area contributed by atoms with Crippen molar-refractivity contribution in [3.63, 3.8) is 0 Å². The Labute approximate surface area is 125 Å². The van der Waals surface area contributed by atoms with E-state index in [4.69, 9.17) is 4.74 Å². The molecule has 0 bridgehead atoms. The van der Waals surface area contributed by atoms with Gasteiger partial charge in [-0.1, -0.05) is 6.07 Å². The van der Waals surface area contributed by atoms with Crippen LogP contribution in [0.2, 0.25) is 0 Å². The van der Waals surface area contributed by atoms with Gasteiger partial charge < -0.3 is 15.2 Å². The zero-order valence-corrected chi connectivity index (χ0v) is 12.7. The first-order chi connectivity index (χ1) is 9.51. The van der Waals surface area contributed by atoms with Crippen molar-refractivity contribution in [2.75, 3.05) is 12.4 Å². The molecule has 2 aromatic rings. The monoisotopic (exact) mass is 335 g/mol. The van der Waals surface area contributed by atoms with Crippen molar-refractivity contribution in [2.45, 2.75) is 6.92 Å². The van der Waals surface area contributed by atoms with Crippen molar-refractivity contribution in [2.24, 2.45) is 0 Å². The van der Waals surface area contributed by atoms with Gasteiger partial charge in [-0.2, -0.15) is 0 Å². The van der Waals surface area contributed by atoms with E-state index in [-0.39, 0.29) is 11.7 Å². The Morgan fingerprint density at radius 3 is 2.60 bits per heavy atom. The Kier molecular flexibility index (Phi) is 4.29. The van der Waals surface area contributed by atoms with Crippen LogP contribution in [0.3, 0.4) is 0 Å². The van der Waals surface area contributed by atoms with Crippen LogP contribution in [0.5, 0.6) is 11.5 Å². The fourth-order valence-corrected chi connectivity index (χ4v) is 2.44. The number of aryl methyl sites for hydroxylation is 1. The number of nitrogens with one attached hydrogen (secondary N) is 1. The van der Waals surface area contributed by atoms with Crippen molar-refractivity contribution >= 4 is 27.5 Å². The number of ether oxygens (including phenoxy) is 1. The Morgan fingerprint density at radius 2 is 2.00 bits per heavy atom. The molecule has 0 aliphatic carbocycles. The third-order valence-corrected chi connectivity index (χ3v) is 3.46. The molecule has 0 heterocycles. The Morgan fingerprint density at radius 1 is 1.25 bits per heavy atom. The molecular weight excluding hydrogens is 322 g/mol. The molecule has 0 saturated heterocycles. The van der Waals surface area contributed by atoms with E-state index in [2.05, 4.69) is 21.2 Å². The number of carbonyl (C=O) groups is 1. The van der Waals surface area contributed by atoms with Crippen LogP contribution >= 0.6 is 15.9 Å². The maximum Gasteiger partial charge on any atom is 0.256 e. The number of phenolic OH excluding ortho intramolecular Hbond substituents is 1. The standard InChI is InChI=1S/C15H14BrNO3/c1-9-3-5-11(12(16)7-9)15(19)17-10-4-6-14(20-2)13(18)8-10/h3-8,18H,1-2H3,(H,17,19). The molecular formula is C15H14BrNO3. The van der Waals surface area contributed by atoms with Gasteiger partial charge in [-0.15, -0.1) is 0 Å². The molecule has 1 amide bonds. The van der Waals surface area contributed by atoms with Gasteiger partial charge in [0.05, 0.1) is 12.7 Å². The number of benzene rings is 2. The fourth-order valence-electron chi connectivity index (χ4n) is 1.77. The van der Waals surface area contributed by atoms with Gasteiger partial charge in [-0.3, -0.25) is 4.79 Å². The van der Waals surface area contributed by atoms with Crippen LogP contribution in [0.25, 0.3) is 0 Å². The molecule has 0 aliphatic rings. The van der Waals surface area contributed by atoms with E-state index in [1.807, 2.05) is 19.1 Å². The van der Waals surface area contributed by atoms with Crippen molar-refractivity contribution < 1.29 is 14.6 Å². The number of amides is 1. The number of halogens is 1. The molecule has 2 N–H and O–H groups in total. The molecule has 2 aromatic carbocycles. The van der Waals surface area contributed by atoms with Gasteiger partial charge in [0, 0.05) is 16.2 Å². The number of aromatic hydroxyl groups is 1. The summed E-state index contributed by atoms with van der Waals surface area (Å²) in [6, 6.07) is 10.2. The van der Waals surface area contributed by atoms with E-state index < -0.39 is 0 Å². The first kappa shape index (κ1) is 14.4. The molecule has 0 spiro atoms. The highest BCUT2D eigenvalue weighted by atomic mass is 79.9. The number of hydrogen-bond donors (Lipinski definition) is 2. The van der Waals surface area contributed by atoms with Crippen LogP contribution in [-0.4, -0.2) is 18.1 Å². The molecule has 0 fully saturated rings. The summed E-state index contributed by atoms with van der Waals surface area (Å²) in [4.78, 5) is 12.2. The zero-order chi connectivity index (χ0) is 14.7. The lowest BCUT2D eigenvalue weighted by molar-refractivity contribution is 0.102. The van der Waals surface area contributed by atoms with Crippen molar-refractivity contribution in [1.82, 2.24) is 0 Å². The summed E-state index contributed by atoms with van der Waals surface area (Å²) in [5, 5.41) is 12.4. The zero-order valence-electron chi connectivity index (χ0n) is 11.1. The highest BCUT2D eigenvalue weighted by molar-refractivity contribution is 9.10. The van der Waals surface area contributed by atoms with Gasteiger partial charge in [-0.25, -0.2) is 0 Å². The molecule has 20 heavy (non-hydrogen) atoms. The molecule has 0 saturated carbocycles. The topological polar surface area (TPSA) is 58.6 Å². The molecule has 104 valence electrons. The minimum atomic E-state index is -0.249. The lowest BCUT2D eigenvalue weighted by atomic mass is 10.1. The summed E-state index contributed by atoms with van der Waals surface area (Å²) in [6.45, 7) is 1.95. The van der Waals surface area contributed by atoms with Crippen LogP contribution in [-0.2, 0) is 0 Å². The van der Waals surface area contributed by atoms with Gasteiger partial charge in [0.2, 0.25) is 0 Å². The molecule has 0 aromatic heterocycles. The second kappa shape index (κ2) is 5.96. The fraction of sp³-hybridized carbons (Fsp3) is 0.133. The van der Waals surface area contributed by atoms with Crippen LogP contribution < -0.4 is 10.1 Å². The van der Waals surface area contributed by atoms with Crippen LogP contribution in [0.1, 0.15) is 15.9 Å². The minimum absolute atomic E-state index is 0.0201. The average Bonchev–Trinajstić information content (AvgIpc) is 2.38. The minimum Gasteiger partial charge on any atom is -0.504 e. The highest BCUT2D eigenvalue weighted by Gasteiger charge is 2.11. The predicted octanol–water partition coefficient (Wildman–Crippen LogP) is 3.72. The van der Waals surface area contributed by atoms with Crippen molar-refractivity contribution in [1.29, 1.82) is 0 Å². The molecule has 4 nitrogen and oxygen atoms in total. The quantitative estimate of drug-likeness (QED) is 0.898. The number of hydrogen-bond acceptors (Lipinski definition) is 3. The summed E-state index contributed by atoms with van der Waals surface area (Å²) < 4.78 is 5.68. The predicted molar refractivity (Wildman–Crippen MR) is 81.5 cm³/mol. The summed E-state index contributed by atoms with van der Waals surface area (Å²) in [6.07, 6.45) is 0. The third kappa shape index (κ3) is 3.11. The van der Waals surface area contributed by atoms with Gasteiger partial charge in [0.25, 0.3) is 5.91 Å². The van der Waals surface area contributed by atoms with Crippen LogP contribution in [0.15, 0.2) is 40.9 Å². The van der Waals surface area contributed by atoms with Gasteiger partial charge in [-0.05, 0) is 52.7 Å². The summed E-state index contributed by atoms with van der Waals surface area (Å²) in [5.41, 5.74) is 2.10. The van der Waals surface area contributed by atoms with Crippen molar-refractivity contribution in [3.05, 3.63) is 52.0 Å². The normalized spacial score (nSPS) is 10.2. The van der Waals surface area contributed by atoms with E-state index in [1.54, 1.807) is 18.2 Å². The molecule has 2 rings (SSSR count). The van der Waals surface area contributed by atoms with E-state index in [0.717, 1.165) is 10.0 Å². The maximum absolute atomic E-state index is 12.2. The molecule has 0 atom stereocenters. The summed E-state index contributed by atoms with van der Waals surface area (Å²) in [5.74, 6) is 0.0919. The van der Waals surface area contributed by atoms with Gasteiger partial charge >= 0.3 is 0 Å². The first-order valence-electron chi connectivity index (χ1n) is 5.96. The average molecular weight is 336 g/mol. The maximum atomic E-state index is 12.2. The molecule has 5 heteroatoms. The van der Waals surface area contributed by atoms with Crippen LogP contribution in [0, 0.1) is 6.92 Å². The number of phenols is 1. The summed E-state index contributed by atoms with van der Waals surface area (Å²) in [7, 11) is 1.47. The van der Waals surface area contributed by atoms with Gasteiger partial charge in [0.15, 0.2) is 11.5 Å². The van der Waals surface area contributed by atoms with E-state index in [1.165, 1.54) is 13.2 Å². The SMILES string of the molecule is COc1ccc(NC(=O)c2ccc(C)cc2Br)cc1O. The second-order valence-corrected chi connectivity index (χ2v) is 5.18. The molecule has 0 radical (unpaired) electrons. The lowest BCUT2D eigenvalue weighted by Crippen LogP contribution is -2.12. The van der Waals surface area contributed by atoms with Crippen molar-refractivity contribution in [3.8, 4) is 11.5 Å².